The average Bonchev–Trinajstić information content (AvgIpc) is 3.33. The SMILES string of the molecule is Nc1ncnc2c1c(-c1ccc(C(=O)Cc3cc(C(F)(F)F)ccn3)cc1)nn2[C@@H]1CCCN(C(=O)C(Cl)(Cl)Cl)C1. The molecule has 1 aliphatic heterocycles. The van der Waals surface area contributed by atoms with Crippen LogP contribution in [0.4, 0.5) is 19.0 Å². The van der Waals surface area contributed by atoms with Crippen LogP contribution >= 0.6 is 34.8 Å². The van der Waals surface area contributed by atoms with Gasteiger partial charge in [-0.05, 0) is 25.0 Å². The van der Waals surface area contributed by atoms with Gasteiger partial charge in [0.1, 0.15) is 17.8 Å². The number of carbonyl (C=O) groups excluding carboxylic acids is 2. The standard InChI is InChI=1S/C26H21Cl3F3N7O2/c27-25(28,29)24(41)38-9-1-2-18(12-38)39-23-20(22(33)35-13-36-23)21(37-39)15-5-3-14(4-6-15)19(40)11-17-10-16(7-8-34-17)26(30,31)32/h3-8,10,13,18H,1-2,9,11-12H2,(H2,33,35,36)/t18-/m1/s1. The summed E-state index contributed by atoms with van der Waals surface area (Å²) >= 11 is 17.5. The third-order valence-electron chi connectivity index (χ3n) is 6.76. The molecule has 214 valence electrons. The smallest absolute Gasteiger partial charge is 0.383 e. The molecule has 41 heavy (non-hydrogen) atoms. The number of hydrogen-bond acceptors (Lipinski definition) is 7. The first-order valence-corrected chi connectivity index (χ1v) is 13.5. The Morgan fingerprint density at radius 2 is 1.78 bits per heavy atom. The van der Waals surface area contributed by atoms with Gasteiger partial charge in [0.25, 0.3) is 9.70 Å². The van der Waals surface area contributed by atoms with E-state index in [1.54, 1.807) is 28.9 Å². The normalized spacial score (nSPS) is 16.2. The van der Waals surface area contributed by atoms with E-state index in [0.29, 0.717) is 41.7 Å². The van der Waals surface area contributed by atoms with Gasteiger partial charge in [0.15, 0.2) is 11.4 Å². The van der Waals surface area contributed by atoms with Gasteiger partial charge in [-0.3, -0.25) is 14.6 Å². The number of nitrogen functional groups attached to an aromatic ring is 1. The number of rotatable bonds is 5. The van der Waals surface area contributed by atoms with Crippen molar-refractivity contribution in [3.8, 4) is 11.3 Å². The number of hydrogen-bond donors (Lipinski definition) is 1. The molecule has 0 unspecified atom stereocenters. The third kappa shape index (κ3) is 6.09. The Morgan fingerprint density at radius 3 is 2.46 bits per heavy atom. The molecule has 3 aromatic heterocycles. The maximum Gasteiger partial charge on any atom is 0.416 e. The molecule has 15 heteroatoms. The number of aromatic nitrogens is 5. The van der Waals surface area contributed by atoms with Crippen LogP contribution in [0, 0.1) is 0 Å². The summed E-state index contributed by atoms with van der Waals surface area (Å²) in [7, 11) is 0. The quantitative estimate of drug-likeness (QED) is 0.231. The Balaban J connectivity index is 1.42. The van der Waals surface area contributed by atoms with Crippen LogP contribution in [-0.4, -0.2) is 58.2 Å². The van der Waals surface area contributed by atoms with Gasteiger partial charge in [-0.2, -0.15) is 18.3 Å². The van der Waals surface area contributed by atoms with Crippen molar-refractivity contribution in [1.29, 1.82) is 0 Å². The summed E-state index contributed by atoms with van der Waals surface area (Å²) in [4.78, 5) is 39.2. The number of Topliss-reactive ketones (excluding diaryl/α,β-unsaturated/α-hetero) is 1. The molecule has 2 N–H and O–H groups in total. The number of piperidine rings is 1. The van der Waals surface area contributed by atoms with Crippen molar-refractivity contribution >= 4 is 63.3 Å². The number of anilines is 1. The molecule has 1 amide bonds. The minimum Gasteiger partial charge on any atom is -0.383 e. The number of nitrogens with two attached hydrogens (primary N) is 1. The number of alkyl halides is 6. The highest BCUT2D eigenvalue weighted by Gasteiger charge is 2.38. The van der Waals surface area contributed by atoms with Crippen molar-refractivity contribution in [2.45, 2.75) is 35.3 Å². The molecule has 0 bridgehead atoms. The fourth-order valence-corrected chi connectivity index (χ4v) is 5.16. The van der Waals surface area contributed by atoms with Crippen LogP contribution in [0.25, 0.3) is 22.3 Å². The zero-order chi connectivity index (χ0) is 29.5. The van der Waals surface area contributed by atoms with E-state index in [4.69, 9.17) is 45.6 Å². The van der Waals surface area contributed by atoms with Crippen LogP contribution in [0.1, 0.15) is 40.5 Å². The topological polar surface area (TPSA) is 120 Å². The summed E-state index contributed by atoms with van der Waals surface area (Å²) in [6.07, 6.45) is -1.16. The summed E-state index contributed by atoms with van der Waals surface area (Å²) < 4.78 is 38.7. The molecule has 4 heterocycles. The van der Waals surface area contributed by atoms with Crippen LogP contribution in [0.5, 0.6) is 0 Å². The van der Waals surface area contributed by atoms with E-state index in [-0.39, 0.29) is 36.1 Å². The highest BCUT2D eigenvalue weighted by atomic mass is 35.6. The number of pyridine rings is 1. The second-order valence-electron chi connectivity index (χ2n) is 9.51. The van der Waals surface area contributed by atoms with E-state index in [1.807, 2.05) is 0 Å². The lowest BCUT2D eigenvalue weighted by molar-refractivity contribution is -0.137. The Bertz CT molecular complexity index is 1620. The van der Waals surface area contributed by atoms with Gasteiger partial charge in [-0.15, -0.1) is 0 Å². The monoisotopic (exact) mass is 625 g/mol. The van der Waals surface area contributed by atoms with E-state index in [1.165, 1.54) is 11.2 Å². The molecule has 1 atom stereocenters. The number of likely N-dealkylation sites (tertiary alicyclic amines) is 1. The predicted molar refractivity (Wildman–Crippen MR) is 148 cm³/mol. The van der Waals surface area contributed by atoms with Gasteiger partial charge in [-0.1, -0.05) is 59.1 Å². The van der Waals surface area contributed by atoms with Crippen molar-refractivity contribution in [2.24, 2.45) is 0 Å². The molecule has 1 saturated heterocycles. The van der Waals surface area contributed by atoms with E-state index in [2.05, 4.69) is 15.0 Å². The number of amides is 1. The molecular weight excluding hydrogens is 606 g/mol. The van der Waals surface area contributed by atoms with E-state index in [9.17, 15) is 22.8 Å². The molecule has 0 aliphatic carbocycles. The van der Waals surface area contributed by atoms with Crippen molar-refractivity contribution in [2.75, 3.05) is 18.8 Å². The second kappa shape index (κ2) is 11.1. The lowest BCUT2D eigenvalue weighted by atomic mass is 10.0. The summed E-state index contributed by atoms with van der Waals surface area (Å²) in [6.45, 7) is 0.668. The van der Waals surface area contributed by atoms with E-state index in [0.717, 1.165) is 18.3 Å². The maximum absolute atomic E-state index is 13.0. The first-order chi connectivity index (χ1) is 19.3. The Kier molecular flexibility index (Phi) is 7.84. The van der Waals surface area contributed by atoms with E-state index < -0.39 is 27.2 Å². The summed E-state index contributed by atoms with van der Waals surface area (Å²) in [5.74, 6) is -0.835. The highest BCUT2D eigenvalue weighted by molar-refractivity contribution is 6.76. The first-order valence-electron chi connectivity index (χ1n) is 12.3. The average molecular weight is 627 g/mol. The van der Waals surface area contributed by atoms with Crippen molar-refractivity contribution in [3.63, 3.8) is 0 Å². The molecule has 1 aliphatic rings. The molecule has 1 fully saturated rings. The van der Waals surface area contributed by atoms with Gasteiger partial charge < -0.3 is 10.6 Å². The minimum absolute atomic E-state index is 0.0123. The Hall–Kier alpha value is -3.48. The maximum atomic E-state index is 13.0. The first kappa shape index (κ1) is 29.0. The fraction of sp³-hybridized carbons (Fsp3) is 0.308. The van der Waals surface area contributed by atoms with Gasteiger partial charge in [0, 0.05) is 36.1 Å². The Morgan fingerprint density at radius 1 is 1.05 bits per heavy atom. The van der Waals surface area contributed by atoms with Crippen molar-refractivity contribution < 1.29 is 22.8 Å². The summed E-state index contributed by atoms with van der Waals surface area (Å²) in [6, 6.07) is 7.85. The minimum atomic E-state index is -4.53. The van der Waals surface area contributed by atoms with Crippen molar-refractivity contribution in [1.82, 2.24) is 29.6 Å². The van der Waals surface area contributed by atoms with Crippen LogP contribution in [0.2, 0.25) is 0 Å². The van der Waals surface area contributed by atoms with Gasteiger partial charge in [0.05, 0.1) is 23.4 Å². The second-order valence-corrected chi connectivity index (χ2v) is 11.8. The number of ketones is 1. The lowest BCUT2D eigenvalue weighted by Gasteiger charge is -2.34. The lowest BCUT2D eigenvalue weighted by Crippen LogP contribution is -2.45. The summed E-state index contributed by atoms with van der Waals surface area (Å²) in [5, 5.41) is 5.26. The summed E-state index contributed by atoms with van der Waals surface area (Å²) in [5.41, 5.74) is 7.16. The fourth-order valence-electron chi connectivity index (χ4n) is 4.80. The van der Waals surface area contributed by atoms with Crippen LogP contribution in [-0.2, 0) is 17.4 Å². The number of halogens is 6. The zero-order valence-corrected chi connectivity index (χ0v) is 23.3. The molecule has 9 nitrogen and oxygen atoms in total. The van der Waals surface area contributed by atoms with Crippen LogP contribution < -0.4 is 5.73 Å². The largest absolute Gasteiger partial charge is 0.416 e. The van der Waals surface area contributed by atoms with Gasteiger partial charge >= 0.3 is 6.18 Å². The molecule has 5 rings (SSSR count). The molecule has 1 aromatic carbocycles. The third-order valence-corrected chi connectivity index (χ3v) is 7.24. The molecule has 4 aromatic rings. The number of carbonyl (C=O) groups is 2. The Labute approximate surface area is 246 Å². The number of fused-ring (bicyclic) bond motifs is 1. The number of benzene rings is 1. The molecule has 0 saturated carbocycles. The molecular formula is C26H21Cl3F3N7O2. The highest BCUT2D eigenvalue weighted by Crippen LogP contribution is 2.36. The van der Waals surface area contributed by atoms with E-state index >= 15 is 0 Å². The van der Waals surface area contributed by atoms with Crippen LogP contribution in [0.3, 0.4) is 0 Å². The molecule has 0 radical (unpaired) electrons. The van der Waals surface area contributed by atoms with Crippen molar-refractivity contribution in [3.05, 3.63) is 65.7 Å². The van der Waals surface area contributed by atoms with Gasteiger partial charge in [0.2, 0.25) is 0 Å². The zero-order valence-electron chi connectivity index (χ0n) is 21.1. The predicted octanol–water partition coefficient (Wildman–Crippen LogP) is 5.45. The van der Waals surface area contributed by atoms with Gasteiger partial charge in [-0.25, -0.2) is 14.6 Å². The van der Waals surface area contributed by atoms with Crippen LogP contribution in [0.15, 0.2) is 48.9 Å². The number of nitrogens with zero attached hydrogens (tertiary/aromatic N) is 6. The molecule has 0 spiro atoms.